The molecule has 1 atom stereocenters. The molecule has 0 saturated carbocycles. The van der Waals surface area contributed by atoms with Gasteiger partial charge in [-0.1, -0.05) is 23.5 Å². The average molecular weight is 441 g/mol. The third-order valence-corrected chi connectivity index (χ3v) is 6.84. The molecule has 0 aliphatic carbocycles. The summed E-state index contributed by atoms with van der Waals surface area (Å²) in [5.74, 6) is 0.848. The Balaban J connectivity index is 1.70. The summed E-state index contributed by atoms with van der Waals surface area (Å²) in [4.78, 5) is 31.9. The fourth-order valence-corrected chi connectivity index (χ4v) is 5.43. The molecular formula is C21H16N2O5S2. The van der Waals surface area contributed by atoms with Crippen LogP contribution >= 0.6 is 22.7 Å². The first-order valence-corrected chi connectivity index (χ1v) is 10.8. The Morgan fingerprint density at radius 2 is 2.13 bits per heavy atom. The van der Waals surface area contributed by atoms with Crippen LogP contribution in [0.1, 0.15) is 23.4 Å². The van der Waals surface area contributed by atoms with Gasteiger partial charge < -0.3 is 14.2 Å². The van der Waals surface area contributed by atoms with E-state index in [1.54, 1.807) is 17.6 Å². The van der Waals surface area contributed by atoms with E-state index in [0.717, 1.165) is 10.4 Å². The summed E-state index contributed by atoms with van der Waals surface area (Å²) in [5.41, 5.74) is 1.54. The van der Waals surface area contributed by atoms with E-state index >= 15 is 0 Å². The minimum atomic E-state index is -0.562. The number of benzene rings is 1. The molecule has 0 spiro atoms. The molecule has 0 N–H and O–H groups in total. The third kappa shape index (κ3) is 2.98. The number of fused-ring (bicyclic) bond motifs is 2. The highest BCUT2D eigenvalue weighted by atomic mass is 32.1. The summed E-state index contributed by atoms with van der Waals surface area (Å²) in [5, 5.41) is 1.92. The van der Waals surface area contributed by atoms with Crippen molar-refractivity contribution in [2.75, 3.05) is 13.9 Å². The molecule has 0 saturated heterocycles. The molecule has 4 heterocycles. The van der Waals surface area contributed by atoms with Crippen LogP contribution in [-0.2, 0) is 9.53 Å². The zero-order chi connectivity index (χ0) is 20.8. The van der Waals surface area contributed by atoms with Crippen LogP contribution < -0.4 is 24.4 Å². The molecule has 0 bridgehead atoms. The number of esters is 1. The van der Waals surface area contributed by atoms with E-state index in [0.29, 0.717) is 32.1 Å². The number of hydrogen-bond donors (Lipinski definition) is 0. The van der Waals surface area contributed by atoms with Gasteiger partial charge in [0.1, 0.15) is 6.04 Å². The van der Waals surface area contributed by atoms with Gasteiger partial charge in [-0.3, -0.25) is 9.36 Å². The topological polar surface area (TPSA) is 79.1 Å². The van der Waals surface area contributed by atoms with Crippen molar-refractivity contribution in [1.82, 2.24) is 4.57 Å². The second kappa shape index (κ2) is 7.26. The van der Waals surface area contributed by atoms with E-state index in [1.165, 1.54) is 29.8 Å². The highest BCUT2D eigenvalue weighted by molar-refractivity contribution is 7.10. The van der Waals surface area contributed by atoms with Crippen LogP contribution in [-0.4, -0.2) is 24.4 Å². The Morgan fingerprint density at radius 3 is 2.90 bits per heavy atom. The van der Waals surface area contributed by atoms with Gasteiger partial charge in [0, 0.05) is 4.88 Å². The molecule has 152 valence electrons. The summed E-state index contributed by atoms with van der Waals surface area (Å²) in [6.45, 7) is 1.96. The molecule has 2 aliphatic heterocycles. The van der Waals surface area contributed by atoms with Crippen LogP contribution in [0, 0.1) is 0 Å². The van der Waals surface area contributed by atoms with Gasteiger partial charge in [0.05, 0.1) is 22.9 Å². The lowest BCUT2D eigenvalue weighted by molar-refractivity contribution is -0.136. The molecule has 1 unspecified atom stereocenters. The number of thiazole rings is 1. The van der Waals surface area contributed by atoms with Gasteiger partial charge >= 0.3 is 5.97 Å². The van der Waals surface area contributed by atoms with E-state index in [2.05, 4.69) is 4.99 Å². The van der Waals surface area contributed by atoms with Crippen molar-refractivity contribution in [3.63, 3.8) is 0 Å². The summed E-state index contributed by atoms with van der Waals surface area (Å²) in [6, 6.07) is 8.76. The molecule has 0 radical (unpaired) electrons. The maximum absolute atomic E-state index is 13.4. The van der Waals surface area contributed by atoms with Gasteiger partial charge in [0.2, 0.25) is 6.79 Å². The Morgan fingerprint density at radius 1 is 1.30 bits per heavy atom. The molecule has 9 heteroatoms. The van der Waals surface area contributed by atoms with Crippen LogP contribution in [0.4, 0.5) is 0 Å². The van der Waals surface area contributed by atoms with Crippen molar-refractivity contribution in [3.05, 3.63) is 77.1 Å². The monoisotopic (exact) mass is 440 g/mol. The van der Waals surface area contributed by atoms with Crippen LogP contribution in [0.5, 0.6) is 11.5 Å². The summed E-state index contributed by atoms with van der Waals surface area (Å²) >= 11 is 2.77. The van der Waals surface area contributed by atoms with Gasteiger partial charge in [0.15, 0.2) is 16.3 Å². The molecule has 2 aliphatic rings. The second-order valence-corrected chi connectivity index (χ2v) is 8.69. The summed E-state index contributed by atoms with van der Waals surface area (Å²) in [7, 11) is 1.33. The zero-order valence-corrected chi connectivity index (χ0v) is 17.7. The SMILES string of the molecule is COC(=O)C1=C(C)N=c2s/c(=C/c3ccc4c(c3)OCO4)c(=O)n2C1c1cccs1. The maximum Gasteiger partial charge on any atom is 0.338 e. The Labute approximate surface area is 178 Å². The predicted octanol–water partition coefficient (Wildman–Crippen LogP) is 2.20. The quantitative estimate of drug-likeness (QED) is 0.584. The number of nitrogens with zero attached hydrogens (tertiary/aromatic N) is 2. The molecule has 0 amide bonds. The average Bonchev–Trinajstić information content (AvgIpc) is 3.48. The van der Waals surface area contributed by atoms with E-state index in [9.17, 15) is 9.59 Å². The number of carbonyl (C=O) groups is 1. The molecule has 2 aromatic heterocycles. The van der Waals surface area contributed by atoms with Crippen molar-refractivity contribution in [1.29, 1.82) is 0 Å². The lowest BCUT2D eigenvalue weighted by atomic mass is 10.0. The first-order valence-electron chi connectivity index (χ1n) is 9.10. The van der Waals surface area contributed by atoms with Crippen molar-refractivity contribution in [2.24, 2.45) is 4.99 Å². The normalized spacial score (nSPS) is 17.7. The zero-order valence-electron chi connectivity index (χ0n) is 16.1. The minimum absolute atomic E-state index is 0.192. The Hall–Kier alpha value is -3.17. The molecule has 7 nitrogen and oxygen atoms in total. The van der Waals surface area contributed by atoms with Gasteiger partial charge in [-0.15, -0.1) is 11.3 Å². The highest BCUT2D eigenvalue weighted by Crippen LogP contribution is 2.34. The van der Waals surface area contributed by atoms with E-state index in [-0.39, 0.29) is 12.4 Å². The lowest BCUT2D eigenvalue weighted by Crippen LogP contribution is -2.39. The minimum Gasteiger partial charge on any atom is -0.466 e. The number of rotatable bonds is 3. The van der Waals surface area contributed by atoms with Crippen molar-refractivity contribution < 1.29 is 19.0 Å². The third-order valence-electron chi connectivity index (χ3n) is 4.93. The summed E-state index contributed by atoms with van der Waals surface area (Å²) in [6.07, 6.45) is 1.80. The van der Waals surface area contributed by atoms with Crippen molar-refractivity contribution in [3.8, 4) is 11.5 Å². The first-order chi connectivity index (χ1) is 14.6. The van der Waals surface area contributed by atoms with Crippen molar-refractivity contribution in [2.45, 2.75) is 13.0 Å². The number of carbonyl (C=O) groups excluding carboxylic acids is 1. The highest BCUT2D eigenvalue weighted by Gasteiger charge is 2.33. The van der Waals surface area contributed by atoms with E-state index in [1.807, 2.05) is 35.7 Å². The van der Waals surface area contributed by atoms with Crippen LogP contribution in [0.15, 0.2) is 56.8 Å². The number of methoxy groups -OCH3 is 1. The standard InChI is InChI=1S/C21H16N2O5S2/c1-11-17(20(25)26-2)18(15-4-3-7-29-15)23-19(24)16(30-21(23)22-11)9-12-5-6-13-14(8-12)28-10-27-13/h3-9,18H,10H2,1-2H3/b16-9+. The largest absolute Gasteiger partial charge is 0.466 e. The van der Waals surface area contributed by atoms with E-state index < -0.39 is 12.0 Å². The molecule has 5 rings (SSSR count). The maximum atomic E-state index is 13.4. The number of ether oxygens (including phenoxy) is 3. The second-order valence-electron chi connectivity index (χ2n) is 6.70. The molecule has 30 heavy (non-hydrogen) atoms. The lowest BCUT2D eigenvalue weighted by Gasteiger charge is -2.22. The molecule has 0 fully saturated rings. The summed E-state index contributed by atoms with van der Waals surface area (Å²) < 4.78 is 17.9. The van der Waals surface area contributed by atoms with Crippen LogP contribution in [0.25, 0.3) is 6.08 Å². The Kier molecular flexibility index (Phi) is 4.56. The number of hydrogen-bond acceptors (Lipinski definition) is 8. The van der Waals surface area contributed by atoms with Gasteiger partial charge in [-0.05, 0) is 42.1 Å². The van der Waals surface area contributed by atoms with Gasteiger partial charge in [0.25, 0.3) is 5.56 Å². The fourth-order valence-electron chi connectivity index (χ4n) is 3.56. The smallest absolute Gasteiger partial charge is 0.338 e. The fraction of sp³-hybridized carbons (Fsp3) is 0.190. The number of thiophene rings is 1. The van der Waals surface area contributed by atoms with Gasteiger partial charge in [-0.25, -0.2) is 9.79 Å². The molecular weight excluding hydrogens is 424 g/mol. The molecule has 1 aromatic carbocycles. The number of allylic oxidation sites excluding steroid dienone is 1. The van der Waals surface area contributed by atoms with Crippen LogP contribution in [0.3, 0.4) is 0 Å². The number of aromatic nitrogens is 1. The molecule has 3 aromatic rings. The predicted molar refractivity (Wildman–Crippen MR) is 113 cm³/mol. The van der Waals surface area contributed by atoms with Crippen LogP contribution in [0.2, 0.25) is 0 Å². The Bertz CT molecular complexity index is 1370. The van der Waals surface area contributed by atoms with E-state index in [4.69, 9.17) is 14.2 Å². The van der Waals surface area contributed by atoms with Crippen molar-refractivity contribution >= 4 is 34.7 Å². The first kappa shape index (κ1) is 18.8. The van der Waals surface area contributed by atoms with Gasteiger partial charge in [-0.2, -0.15) is 0 Å².